The van der Waals surface area contributed by atoms with E-state index in [0.717, 1.165) is 5.56 Å². The number of benzene rings is 1. The number of aliphatic carboxylic acids is 1. The van der Waals surface area contributed by atoms with Crippen LogP contribution in [0.3, 0.4) is 0 Å². The van der Waals surface area contributed by atoms with Crippen LogP contribution < -0.4 is 40.0 Å². The molecule has 25 heavy (non-hydrogen) atoms. The predicted molar refractivity (Wildman–Crippen MR) is 88.2 cm³/mol. The molecule has 5 nitrogen and oxygen atoms in total. The van der Waals surface area contributed by atoms with Crippen molar-refractivity contribution in [3.05, 3.63) is 35.9 Å². The number of hydrogen-bond donors (Lipinski definition) is 2. The number of carbonyl (C=O) groups excluding carboxylic acids is 2. The van der Waals surface area contributed by atoms with Crippen molar-refractivity contribution in [1.82, 2.24) is 0 Å². The van der Waals surface area contributed by atoms with Gasteiger partial charge < -0.3 is 20.3 Å². The Bertz CT molecular complexity index is 730. The van der Waals surface area contributed by atoms with Crippen LogP contribution in [0, 0.1) is 23.2 Å². The minimum Gasteiger partial charge on any atom is -0.550 e. The second-order valence-corrected chi connectivity index (χ2v) is 7.36. The van der Waals surface area contributed by atoms with E-state index in [1.165, 1.54) is 0 Å². The molecule has 0 unspecified atom stereocenters. The number of phenolic OH excluding ortho intramolecular Hbond substituents is 1. The van der Waals surface area contributed by atoms with Gasteiger partial charge >= 0.3 is 29.6 Å². The van der Waals surface area contributed by atoms with Crippen molar-refractivity contribution in [3.8, 4) is 5.75 Å². The van der Waals surface area contributed by atoms with Gasteiger partial charge in [0.2, 0.25) is 5.91 Å². The maximum atomic E-state index is 12.8. The van der Waals surface area contributed by atoms with Crippen molar-refractivity contribution < 1.29 is 49.4 Å². The number of fused-ring (bicyclic) bond motifs is 2. The molecule has 1 aromatic rings. The number of anilines is 1. The maximum absolute atomic E-state index is 12.8. The van der Waals surface area contributed by atoms with Gasteiger partial charge in [0.25, 0.3) is 0 Å². The SMILES string of the molecule is CC(C)c1cc(NC(=O)[C@@H]2[C@@H]3C=C[C@@H](C3)[C@]2(C)C(=O)[O-])ccc1O.[Na+]. The number of nitrogens with one attached hydrogen (secondary N) is 1. The molecule has 2 bridgehead atoms. The largest absolute Gasteiger partial charge is 1.00 e. The molecule has 128 valence electrons. The van der Waals surface area contributed by atoms with Crippen molar-refractivity contribution in [2.75, 3.05) is 5.32 Å². The van der Waals surface area contributed by atoms with Gasteiger partial charge in [-0.2, -0.15) is 0 Å². The van der Waals surface area contributed by atoms with E-state index < -0.39 is 17.3 Å². The summed E-state index contributed by atoms with van der Waals surface area (Å²) in [5.41, 5.74) is 0.124. The number of rotatable bonds is 4. The monoisotopic (exact) mass is 351 g/mol. The van der Waals surface area contributed by atoms with Gasteiger partial charge in [-0.1, -0.05) is 32.9 Å². The molecule has 2 aliphatic rings. The van der Waals surface area contributed by atoms with Crippen molar-refractivity contribution in [3.63, 3.8) is 0 Å². The van der Waals surface area contributed by atoms with Crippen LogP contribution in [0.25, 0.3) is 0 Å². The second-order valence-electron chi connectivity index (χ2n) is 7.36. The fraction of sp³-hybridized carbons (Fsp3) is 0.474. The van der Waals surface area contributed by atoms with Crippen LogP contribution in [0.15, 0.2) is 30.4 Å². The van der Waals surface area contributed by atoms with Crippen LogP contribution in [0.2, 0.25) is 0 Å². The first-order valence-electron chi connectivity index (χ1n) is 8.28. The standard InChI is InChI=1S/C19H23NO4.Na/c1-10(2)14-9-13(6-7-15(14)21)20-17(22)16-11-4-5-12(8-11)19(16,3)18(23)24;/h4-7,9-12,16,21H,8H2,1-3H3,(H,20,22)(H,23,24);/q;+1/p-1/t11-,12+,16+,19+;/m1./s1. The number of carboxylic acid groups (broad SMARTS) is 1. The van der Waals surface area contributed by atoms with Crippen LogP contribution in [-0.2, 0) is 9.59 Å². The Balaban J connectivity index is 0.00000225. The number of amides is 1. The molecule has 0 saturated heterocycles. The summed E-state index contributed by atoms with van der Waals surface area (Å²) in [7, 11) is 0. The van der Waals surface area contributed by atoms with Gasteiger partial charge in [0.1, 0.15) is 5.75 Å². The van der Waals surface area contributed by atoms with Gasteiger partial charge in [0, 0.05) is 17.1 Å². The molecule has 2 aliphatic carbocycles. The zero-order chi connectivity index (χ0) is 17.6. The van der Waals surface area contributed by atoms with Gasteiger partial charge in [0.15, 0.2) is 0 Å². The second kappa shape index (κ2) is 7.14. The zero-order valence-electron chi connectivity index (χ0n) is 15.1. The molecule has 0 radical (unpaired) electrons. The third kappa shape index (κ3) is 3.25. The Morgan fingerprint density at radius 3 is 2.60 bits per heavy atom. The van der Waals surface area contributed by atoms with E-state index in [2.05, 4.69) is 5.32 Å². The number of hydrogen-bond acceptors (Lipinski definition) is 4. The van der Waals surface area contributed by atoms with E-state index in [1.54, 1.807) is 25.1 Å². The molecule has 4 atom stereocenters. The Morgan fingerprint density at radius 1 is 1.32 bits per heavy atom. The van der Waals surface area contributed by atoms with E-state index in [-0.39, 0.29) is 59.0 Å². The van der Waals surface area contributed by atoms with Gasteiger partial charge in [0.05, 0.1) is 5.92 Å². The smallest absolute Gasteiger partial charge is 0.550 e. The van der Waals surface area contributed by atoms with E-state index in [9.17, 15) is 19.8 Å². The van der Waals surface area contributed by atoms with Gasteiger partial charge in [-0.15, -0.1) is 0 Å². The topological polar surface area (TPSA) is 89.5 Å². The molecule has 1 aromatic carbocycles. The van der Waals surface area contributed by atoms with Crippen LogP contribution in [-0.4, -0.2) is 17.0 Å². The molecule has 1 saturated carbocycles. The first-order chi connectivity index (χ1) is 11.2. The summed E-state index contributed by atoms with van der Waals surface area (Å²) in [5.74, 6) is -2.05. The average Bonchev–Trinajstić information content (AvgIpc) is 3.08. The Labute approximate surface area is 169 Å². The summed E-state index contributed by atoms with van der Waals surface area (Å²) in [5, 5.41) is 24.4. The van der Waals surface area contributed by atoms with E-state index in [1.807, 2.05) is 26.0 Å². The number of carboxylic acids is 1. The van der Waals surface area contributed by atoms with Crippen molar-refractivity contribution >= 4 is 17.6 Å². The fourth-order valence-corrected chi connectivity index (χ4v) is 4.15. The Kier molecular flexibility index (Phi) is 5.71. The zero-order valence-corrected chi connectivity index (χ0v) is 17.1. The molecule has 2 N–H and O–H groups in total. The number of phenols is 1. The number of carbonyl (C=O) groups is 2. The van der Waals surface area contributed by atoms with Crippen LogP contribution in [0.4, 0.5) is 5.69 Å². The molecular formula is C19H22NNaO4. The van der Waals surface area contributed by atoms with E-state index >= 15 is 0 Å². The quantitative estimate of drug-likeness (QED) is 0.415. The third-order valence-electron chi connectivity index (χ3n) is 5.60. The van der Waals surface area contributed by atoms with Crippen LogP contribution in [0.1, 0.15) is 38.7 Å². The summed E-state index contributed by atoms with van der Waals surface area (Å²) in [6.45, 7) is 5.51. The molecule has 0 aromatic heterocycles. The minimum absolute atomic E-state index is 0. The molecule has 3 rings (SSSR count). The summed E-state index contributed by atoms with van der Waals surface area (Å²) in [4.78, 5) is 24.5. The van der Waals surface area contributed by atoms with E-state index in [0.29, 0.717) is 12.1 Å². The summed E-state index contributed by atoms with van der Waals surface area (Å²) in [6.07, 6.45) is 4.51. The first kappa shape index (κ1) is 20.0. The fourth-order valence-electron chi connectivity index (χ4n) is 4.15. The van der Waals surface area contributed by atoms with Gasteiger partial charge in [-0.25, -0.2) is 0 Å². The number of aromatic hydroxyl groups is 1. The van der Waals surface area contributed by atoms with Gasteiger partial charge in [-0.3, -0.25) is 4.79 Å². The Morgan fingerprint density at radius 2 is 2.00 bits per heavy atom. The van der Waals surface area contributed by atoms with Crippen LogP contribution in [0.5, 0.6) is 5.75 Å². The molecular weight excluding hydrogens is 329 g/mol. The molecule has 6 heteroatoms. The minimum atomic E-state index is -1.18. The summed E-state index contributed by atoms with van der Waals surface area (Å²) in [6, 6.07) is 4.90. The van der Waals surface area contributed by atoms with E-state index in [4.69, 9.17) is 0 Å². The van der Waals surface area contributed by atoms with Crippen LogP contribution >= 0.6 is 0 Å². The number of allylic oxidation sites excluding steroid dienone is 2. The molecule has 1 fully saturated rings. The van der Waals surface area contributed by atoms with Crippen molar-refractivity contribution in [1.29, 1.82) is 0 Å². The Hall–Kier alpha value is -1.30. The normalized spacial score (nSPS) is 29.5. The first-order valence-corrected chi connectivity index (χ1v) is 8.28. The average molecular weight is 351 g/mol. The molecule has 0 aliphatic heterocycles. The summed E-state index contributed by atoms with van der Waals surface area (Å²) >= 11 is 0. The maximum Gasteiger partial charge on any atom is 1.00 e. The molecule has 1 amide bonds. The van der Waals surface area contributed by atoms with Gasteiger partial charge in [-0.05, 0) is 47.9 Å². The third-order valence-corrected chi connectivity index (χ3v) is 5.60. The van der Waals surface area contributed by atoms with Crippen molar-refractivity contribution in [2.24, 2.45) is 23.2 Å². The molecule has 0 heterocycles. The predicted octanol–water partition coefficient (Wildman–Crippen LogP) is -0.964. The van der Waals surface area contributed by atoms with Crippen molar-refractivity contribution in [2.45, 2.75) is 33.1 Å². The summed E-state index contributed by atoms with van der Waals surface area (Å²) < 4.78 is 0. The molecule has 0 spiro atoms.